The van der Waals surface area contributed by atoms with Crippen LogP contribution in [0.3, 0.4) is 0 Å². The van der Waals surface area contributed by atoms with Crippen molar-refractivity contribution in [1.29, 1.82) is 0 Å². The topological polar surface area (TPSA) is 110 Å². The highest BCUT2D eigenvalue weighted by Crippen LogP contribution is 2.39. The van der Waals surface area contributed by atoms with Crippen molar-refractivity contribution < 1.29 is 4.74 Å². The van der Waals surface area contributed by atoms with Crippen molar-refractivity contribution in [2.75, 3.05) is 69.0 Å². The smallest absolute Gasteiger partial charge is 0.229 e. The summed E-state index contributed by atoms with van der Waals surface area (Å²) in [6, 6.07) is 9.98. The minimum atomic E-state index is 0.367. The molecule has 226 valence electrons. The maximum atomic E-state index is 6.86. The van der Waals surface area contributed by atoms with Crippen molar-refractivity contribution in [3.05, 3.63) is 57.2 Å². The minimum absolute atomic E-state index is 0.367. The van der Waals surface area contributed by atoms with Crippen molar-refractivity contribution in [3.8, 4) is 17.0 Å². The Labute approximate surface area is 269 Å². The molecule has 6 rings (SSSR count). The van der Waals surface area contributed by atoms with Gasteiger partial charge in [-0.3, -0.25) is 4.90 Å². The molecule has 4 aromatic rings. The number of anilines is 5. The second kappa shape index (κ2) is 13.2. The maximum absolute atomic E-state index is 6.86. The van der Waals surface area contributed by atoms with Gasteiger partial charge < -0.3 is 25.2 Å². The predicted molar refractivity (Wildman–Crippen MR) is 175 cm³/mol. The Kier molecular flexibility index (Phi) is 9.20. The molecule has 0 saturated carbocycles. The lowest BCUT2D eigenvalue weighted by Crippen LogP contribution is -2.52. The fraction of sp³-hybridized carbons (Fsp3) is 0.379. The molecule has 43 heavy (non-hydrogen) atoms. The van der Waals surface area contributed by atoms with E-state index in [4.69, 9.17) is 32.9 Å². The summed E-state index contributed by atoms with van der Waals surface area (Å²) in [5.41, 5.74) is 3.85. The fourth-order valence-electron chi connectivity index (χ4n) is 5.65. The molecule has 0 unspecified atom stereocenters. The molecule has 2 aromatic carbocycles. The summed E-state index contributed by atoms with van der Waals surface area (Å²) in [4.78, 5) is 16.6. The number of methoxy groups -OCH3 is 1. The third kappa shape index (κ3) is 6.83. The Hall–Kier alpha value is -3.16. The van der Waals surface area contributed by atoms with Crippen LogP contribution < -0.4 is 20.3 Å². The lowest BCUT2D eigenvalue weighted by atomic mass is 10.0. The Morgan fingerprint density at radius 1 is 0.977 bits per heavy atom. The Morgan fingerprint density at radius 2 is 1.77 bits per heavy atom. The minimum Gasteiger partial charge on any atom is -0.494 e. The van der Waals surface area contributed by atoms with Gasteiger partial charge in [-0.15, -0.1) is 0 Å². The molecule has 2 aromatic heterocycles. The van der Waals surface area contributed by atoms with Crippen LogP contribution in [-0.4, -0.2) is 94.6 Å². The summed E-state index contributed by atoms with van der Waals surface area (Å²) < 4.78 is 6.45. The first-order valence-corrected chi connectivity index (χ1v) is 15.7. The van der Waals surface area contributed by atoms with E-state index < -0.39 is 0 Å². The molecule has 2 aliphatic heterocycles. The van der Waals surface area contributed by atoms with E-state index in [1.54, 1.807) is 25.6 Å². The third-order valence-corrected chi connectivity index (χ3v) is 9.16. The summed E-state index contributed by atoms with van der Waals surface area (Å²) in [6.45, 7) is 6.48. The summed E-state index contributed by atoms with van der Waals surface area (Å²) in [5.74, 6) is 1.56. The first kappa shape index (κ1) is 29.9. The van der Waals surface area contributed by atoms with E-state index in [0.717, 1.165) is 63.4 Å². The Bertz CT molecular complexity index is 1560. The highest BCUT2D eigenvalue weighted by Gasteiger charge is 2.28. The van der Waals surface area contributed by atoms with Crippen molar-refractivity contribution in [3.63, 3.8) is 0 Å². The van der Waals surface area contributed by atoms with E-state index in [9.17, 15) is 0 Å². The standard InChI is InChI=1S/C29H33BrCl2N10O/c1-40-9-11-41(12-10-40)19-5-7-42(8-6-19)26-15-27(43-2)24(14-22(26)32)36-29-33-16-21(30)28(37-29)35-23-13-18(31)3-4-20(23)25-17-34-39-38-25/h3-4,13-17,19H,5-12H2,1-2H3,(H,34,38,39)(H2,33,35,36,37). The van der Waals surface area contributed by atoms with Crippen LogP contribution in [-0.2, 0) is 0 Å². The average Bonchev–Trinajstić information content (AvgIpc) is 3.55. The number of likely N-dealkylation sites (N-methyl/N-ethyl adjacent to an activating group) is 1. The van der Waals surface area contributed by atoms with Gasteiger partial charge in [0, 0.05) is 68.2 Å². The van der Waals surface area contributed by atoms with Crippen molar-refractivity contribution in [1.82, 2.24) is 35.2 Å². The number of hydrogen-bond acceptors (Lipinski definition) is 10. The molecule has 0 spiro atoms. The summed E-state index contributed by atoms with van der Waals surface area (Å²) in [7, 11) is 3.85. The summed E-state index contributed by atoms with van der Waals surface area (Å²) >= 11 is 16.7. The molecular formula is C29H33BrCl2N10O. The number of halogens is 3. The number of piperidine rings is 1. The first-order valence-electron chi connectivity index (χ1n) is 14.2. The van der Waals surface area contributed by atoms with Crippen LogP contribution >= 0.6 is 39.1 Å². The lowest BCUT2D eigenvalue weighted by molar-refractivity contribution is 0.0982. The highest BCUT2D eigenvalue weighted by molar-refractivity contribution is 9.10. The molecular weight excluding hydrogens is 655 g/mol. The van der Waals surface area contributed by atoms with Crippen LogP contribution in [0.5, 0.6) is 5.75 Å². The molecule has 14 heteroatoms. The van der Waals surface area contributed by atoms with Crippen LogP contribution in [0.25, 0.3) is 11.3 Å². The number of aromatic nitrogens is 5. The van der Waals surface area contributed by atoms with Gasteiger partial charge in [-0.05, 0) is 60.1 Å². The van der Waals surface area contributed by atoms with Crippen LogP contribution in [0.2, 0.25) is 10.0 Å². The SMILES string of the molecule is COc1cc(N2CCC(N3CCN(C)CC3)CC2)c(Cl)cc1Nc1ncc(Br)c(Nc2cc(Cl)ccc2-c2cn[nH]n2)n1. The summed E-state index contributed by atoms with van der Waals surface area (Å²) in [5, 5.41) is 18.6. The molecule has 0 aliphatic carbocycles. The number of hydrogen-bond donors (Lipinski definition) is 3. The normalized spacial score (nSPS) is 16.8. The number of nitrogens with zero attached hydrogens (tertiary/aromatic N) is 7. The Balaban J connectivity index is 1.18. The third-order valence-electron chi connectivity index (χ3n) is 8.04. The van der Waals surface area contributed by atoms with E-state index in [2.05, 4.69) is 68.7 Å². The number of nitrogens with one attached hydrogen (secondary N) is 3. The van der Waals surface area contributed by atoms with E-state index in [1.165, 1.54) is 0 Å². The van der Waals surface area contributed by atoms with E-state index in [1.807, 2.05) is 24.3 Å². The molecule has 11 nitrogen and oxygen atoms in total. The van der Waals surface area contributed by atoms with Crippen molar-refractivity contribution in [2.24, 2.45) is 0 Å². The van der Waals surface area contributed by atoms with Gasteiger partial charge in [0.2, 0.25) is 5.95 Å². The van der Waals surface area contributed by atoms with Crippen LogP contribution in [0.4, 0.5) is 28.8 Å². The number of benzene rings is 2. The number of aromatic amines is 1. The van der Waals surface area contributed by atoms with E-state index in [0.29, 0.717) is 55.1 Å². The second-order valence-corrected chi connectivity index (χ2v) is 12.4. The zero-order valence-electron chi connectivity index (χ0n) is 23.9. The monoisotopic (exact) mass is 686 g/mol. The highest BCUT2D eigenvalue weighted by atomic mass is 79.9. The molecule has 2 saturated heterocycles. The zero-order valence-corrected chi connectivity index (χ0v) is 27.0. The van der Waals surface area contributed by atoms with Crippen molar-refractivity contribution in [2.45, 2.75) is 18.9 Å². The number of rotatable bonds is 8. The van der Waals surface area contributed by atoms with E-state index >= 15 is 0 Å². The first-order chi connectivity index (χ1) is 20.9. The van der Waals surface area contributed by atoms with Gasteiger partial charge >= 0.3 is 0 Å². The van der Waals surface area contributed by atoms with Gasteiger partial charge in [-0.2, -0.15) is 20.4 Å². The molecule has 0 bridgehead atoms. The van der Waals surface area contributed by atoms with Gasteiger partial charge in [0.05, 0.1) is 39.9 Å². The molecule has 2 fully saturated rings. The predicted octanol–water partition coefficient (Wildman–Crippen LogP) is 6.04. The van der Waals surface area contributed by atoms with Gasteiger partial charge in [0.25, 0.3) is 0 Å². The number of piperazine rings is 1. The van der Waals surface area contributed by atoms with Gasteiger partial charge in [0.15, 0.2) is 0 Å². The lowest BCUT2D eigenvalue weighted by Gasteiger charge is -2.42. The zero-order chi connectivity index (χ0) is 29.9. The Morgan fingerprint density at radius 3 is 2.49 bits per heavy atom. The maximum Gasteiger partial charge on any atom is 0.229 e. The van der Waals surface area contributed by atoms with Gasteiger partial charge in [0.1, 0.15) is 17.3 Å². The van der Waals surface area contributed by atoms with Crippen LogP contribution in [0, 0.1) is 0 Å². The van der Waals surface area contributed by atoms with Crippen LogP contribution in [0.15, 0.2) is 47.2 Å². The molecule has 4 heterocycles. The molecule has 3 N–H and O–H groups in total. The largest absolute Gasteiger partial charge is 0.494 e. The number of ether oxygens (including phenoxy) is 1. The van der Waals surface area contributed by atoms with E-state index in [-0.39, 0.29) is 0 Å². The van der Waals surface area contributed by atoms with Gasteiger partial charge in [-0.1, -0.05) is 23.2 Å². The molecule has 2 aliphatic rings. The van der Waals surface area contributed by atoms with Crippen molar-refractivity contribution >= 4 is 68.0 Å². The quantitative estimate of drug-likeness (QED) is 0.203. The molecule has 0 amide bonds. The molecule has 0 atom stereocenters. The van der Waals surface area contributed by atoms with Gasteiger partial charge in [-0.25, -0.2) is 4.98 Å². The number of H-pyrrole nitrogens is 1. The second-order valence-electron chi connectivity index (χ2n) is 10.7. The van der Waals surface area contributed by atoms with Crippen LogP contribution in [0.1, 0.15) is 12.8 Å². The fourth-order valence-corrected chi connectivity index (χ4v) is 6.39. The average molecular weight is 688 g/mol. The molecule has 0 radical (unpaired) electrons. The summed E-state index contributed by atoms with van der Waals surface area (Å²) in [6.07, 6.45) is 5.56.